The van der Waals surface area contributed by atoms with Crippen LogP contribution in [0.15, 0.2) is 63.6 Å². The van der Waals surface area contributed by atoms with Gasteiger partial charge in [-0.1, -0.05) is 52.0 Å². The lowest BCUT2D eigenvalue weighted by atomic mass is 9.78. The molecule has 0 aromatic heterocycles. The Morgan fingerprint density at radius 3 is 2.27 bits per heavy atom. The average Bonchev–Trinajstić information content (AvgIpc) is 3.43. The number of anilines is 1. The molecule has 0 fully saturated rings. The van der Waals surface area contributed by atoms with E-state index in [4.69, 9.17) is 18.6 Å². The van der Waals surface area contributed by atoms with Gasteiger partial charge in [0, 0.05) is 54.2 Å². The number of methoxy groups -OCH3 is 1. The Morgan fingerprint density at radius 1 is 0.909 bits per heavy atom. The summed E-state index contributed by atoms with van der Waals surface area (Å²) >= 11 is 0. The molecule has 1 amide bonds. The molecule has 4 bridgehead atoms. The van der Waals surface area contributed by atoms with Crippen molar-refractivity contribution in [1.82, 2.24) is 4.98 Å². The van der Waals surface area contributed by atoms with Crippen molar-refractivity contribution in [3.8, 4) is 28.7 Å². The average molecular weight is 759 g/mol. The topological polar surface area (TPSA) is 218 Å². The smallest absolute Gasteiger partial charge is 0.312 e. The van der Waals surface area contributed by atoms with E-state index in [2.05, 4.69) is 10.3 Å². The number of fused-ring (bicyclic) bond motifs is 2. The third-order valence-corrected chi connectivity index (χ3v) is 11.1. The first kappa shape index (κ1) is 39.4. The predicted octanol–water partition coefficient (Wildman–Crippen LogP) is 5.08. The Balaban J connectivity index is 1.59. The molecular weight excluding hydrogens is 712 g/mol. The minimum absolute atomic E-state index is 0.0156. The number of phenolic OH excluding ortho intramolecular Hbond substituents is 2. The highest BCUT2D eigenvalue weighted by Crippen LogP contribution is 2.50. The molecule has 0 unspecified atom stereocenters. The second kappa shape index (κ2) is 14.8. The third kappa shape index (κ3) is 6.62. The molecule has 2 aromatic carbocycles. The number of hydrogen-bond donors (Lipinski definition) is 6. The monoisotopic (exact) mass is 758 g/mol. The number of aromatic nitrogens is 1. The van der Waals surface area contributed by atoms with Crippen molar-refractivity contribution in [2.24, 2.45) is 23.7 Å². The number of nitrogens with zero attached hydrogens (tertiary/aromatic N) is 1. The molecule has 9 atom stereocenters. The number of phenols is 2. The summed E-state index contributed by atoms with van der Waals surface area (Å²) in [7, 11) is 1.43. The van der Waals surface area contributed by atoms with E-state index in [-0.39, 0.29) is 67.2 Å². The van der Waals surface area contributed by atoms with E-state index in [0.29, 0.717) is 0 Å². The molecule has 4 aliphatic rings. The predicted molar refractivity (Wildman–Crippen MR) is 203 cm³/mol. The number of ether oxygens (including phenoxy) is 3. The van der Waals surface area contributed by atoms with Crippen LogP contribution in [0.4, 0.5) is 5.69 Å². The summed E-state index contributed by atoms with van der Waals surface area (Å²) in [5, 5.41) is 58.2. The van der Waals surface area contributed by atoms with Crippen molar-refractivity contribution < 1.29 is 53.7 Å². The molecule has 1 aliphatic carbocycles. The van der Waals surface area contributed by atoms with Crippen LogP contribution in [-0.4, -0.2) is 79.5 Å². The molecule has 3 heterocycles. The molecule has 3 aliphatic heterocycles. The molecule has 6 rings (SSSR count). The normalized spacial score (nSPS) is 31.6. The third-order valence-electron chi connectivity index (χ3n) is 11.1. The summed E-state index contributed by atoms with van der Waals surface area (Å²) in [6.07, 6.45) is 3.36. The molecule has 14 heteroatoms. The molecule has 0 spiro atoms. The molecule has 2 aromatic rings. The summed E-state index contributed by atoms with van der Waals surface area (Å²) in [5.74, 6) is -7.06. The number of hydrogen-bond acceptors (Lipinski definition) is 13. The molecule has 55 heavy (non-hydrogen) atoms. The zero-order valence-corrected chi connectivity index (χ0v) is 31.8. The van der Waals surface area contributed by atoms with Gasteiger partial charge >= 0.3 is 5.79 Å². The number of benzene rings is 3. The SMILES string of the molecule is CO[C@H]1/C=C/O[C@@]2(C)Oc3c(C)c(O)c4c(=O)c(c5oc6cccc(O)c6nc-5c4c3C2=O)NC(=O)/C(C)=C\C=C\[C@H](C)[C@H](O)[C@@H](C)[C@@H](O)[C@@H](C)[C@H](O)[C@@H]1C. The van der Waals surface area contributed by atoms with Gasteiger partial charge in [-0.3, -0.25) is 14.4 Å². The van der Waals surface area contributed by atoms with Gasteiger partial charge in [-0.05, 0) is 32.1 Å². The van der Waals surface area contributed by atoms with Crippen LogP contribution in [0.2, 0.25) is 0 Å². The molecule has 0 saturated carbocycles. The van der Waals surface area contributed by atoms with E-state index in [0.717, 1.165) is 0 Å². The number of carbonyl (C=O) groups excluding carboxylic acids is 2. The maximum absolute atomic E-state index is 14.4. The number of carbonyl (C=O) groups is 2. The van der Waals surface area contributed by atoms with Crippen molar-refractivity contribution >= 4 is 39.2 Å². The number of allylic oxidation sites excluding steroid dienone is 2. The molecule has 14 nitrogen and oxygen atoms in total. The standard InChI is InChI=1S/C41H46N2O12/c1-17-11-9-12-18(2)40(51)43-31-36(49)27-26(30-38(31)54-25-14-10-13-23(44)29(25)42-30)28-37(22(6)35(27)48)55-41(7,39(28)50)53-16-15-24(52-8)19(3)33(46)21(5)34(47)20(4)32(17)45/h9-17,19-21,24,32-34,44-48H,1-8H3,(H,43,51)/b11-9+,16-15+,18-12-/t17-,19+,20+,21-,24-,32-,33+,34+,41-/m0/s1. The van der Waals surface area contributed by atoms with Crippen LogP contribution in [0.25, 0.3) is 33.3 Å². The van der Waals surface area contributed by atoms with Gasteiger partial charge in [0.2, 0.25) is 5.43 Å². The number of rotatable bonds is 1. The maximum atomic E-state index is 14.4. The van der Waals surface area contributed by atoms with Gasteiger partial charge < -0.3 is 49.5 Å². The molecule has 292 valence electrons. The summed E-state index contributed by atoms with van der Waals surface area (Å²) in [6.45, 7) is 11.1. The number of aliphatic hydroxyl groups is 3. The van der Waals surface area contributed by atoms with Gasteiger partial charge in [0.1, 0.15) is 34.1 Å². The minimum atomic E-state index is -2.03. The molecular formula is C41H46N2O12. The highest BCUT2D eigenvalue weighted by atomic mass is 16.7. The van der Waals surface area contributed by atoms with E-state index in [9.17, 15) is 39.9 Å². The number of Topliss-reactive ketones (excluding diaryl/α,β-unsaturated/α-hetero) is 1. The van der Waals surface area contributed by atoms with Crippen LogP contribution in [0, 0.1) is 30.6 Å². The Labute approximate surface area is 316 Å². The Kier molecular flexibility index (Phi) is 10.6. The first-order valence-corrected chi connectivity index (χ1v) is 18.0. The zero-order chi connectivity index (χ0) is 40.3. The van der Waals surface area contributed by atoms with Crippen molar-refractivity contribution in [3.63, 3.8) is 0 Å². The fraction of sp³-hybridized carbons (Fsp3) is 0.415. The van der Waals surface area contributed by atoms with Crippen LogP contribution in [0.3, 0.4) is 0 Å². The highest BCUT2D eigenvalue weighted by molar-refractivity contribution is 6.22. The lowest BCUT2D eigenvalue weighted by molar-refractivity contribution is -0.112. The molecule has 0 radical (unpaired) electrons. The lowest BCUT2D eigenvalue weighted by Gasteiger charge is -2.36. The summed E-state index contributed by atoms with van der Waals surface area (Å²) in [4.78, 5) is 47.1. The van der Waals surface area contributed by atoms with Gasteiger partial charge in [-0.2, -0.15) is 0 Å². The minimum Gasteiger partial charge on any atom is -0.507 e. The zero-order valence-electron chi connectivity index (χ0n) is 31.8. The van der Waals surface area contributed by atoms with Crippen LogP contribution in [0.5, 0.6) is 17.2 Å². The number of aromatic hydroxyl groups is 2. The van der Waals surface area contributed by atoms with E-state index < -0.39 is 76.7 Å². The van der Waals surface area contributed by atoms with E-state index in [1.54, 1.807) is 39.8 Å². The summed E-state index contributed by atoms with van der Waals surface area (Å²) < 4.78 is 23.8. The fourth-order valence-electron chi connectivity index (χ4n) is 7.42. The number of para-hydroxylation sites is 1. The Morgan fingerprint density at radius 2 is 1.58 bits per heavy atom. The van der Waals surface area contributed by atoms with Gasteiger partial charge in [0.15, 0.2) is 11.3 Å². The van der Waals surface area contributed by atoms with Gasteiger partial charge in [0.05, 0.1) is 41.6 Å². The second-order valence-corrected chi connectivity index (χ2v) is 14.8. The van der Waals surface area contributed by atoms with Crippen LogP contribution < -0.4 is 15.5 Å². The first-order valence-electron chi connectivity index (χ1n) is 18.0. The summed E-state index contributed by atoms with van der Waals surface area (Å²) in [5.41, 5.74) is -1.29. The largest absolute Gasteiger partial charge is 0.507 e. The van der Waals surface area contributed by atoms with Crippen LogP contribution in [0.1, 0.15) is 57.5 Å². The summed E-state index contributed by atoms with van der Waals surface area (Å²) in [6, 6.07) is 4.38. The quantitative estimate of drug-likeness (QED) is 0.110. The first-order chi connectivity index (χ1) is 25.9. The Bertz CT molecular complexity index is 2310. The van der Waals surface area contributed by atoms with Crippen molar-refractivity contribution in [1.29, 1.82) is 0 Å². The van der Waals surface area contributed by atoms with E-state index in [1.165, 1.54) is 64.5 Å². The van der Waals surface area contributed by atoms with Gasteiger partial charge in [0.25, 0.3) is 11.7 Å². The Hall–Kier alpha value is -5.28. The second-order valence-electron chi connectivity index (χ2n) is 14.8. The van der Waals surface area contributed by atoms with E-state index in [1.807, 2.05) is 0 Å². The van der Waals surface area contributed by atoms with Crippen molar-refractivity contribution in [3.05, 3.63) is 75.7 Å². The highest BCUT2D eigenvalue weighted by Gasteiger charge is 2.50. The van der Waals surface area contributed by atoms with E-state index >= 15 is 0 Å². The fourth-order valence-corrected chi connectivity index (χ4v) is 7.42. The number of nitrogens with one attached hydrogen (secondary N) is 1. The number of amides is 1. The molecule has 6 N–H and O–H groups in total. The van der Waals surface area contributed by atoms with Crippen molar-refractivity contribution in [2.75, 3.05) is 12.4 Å². The van der Waals surface area contributed by atoms with Crippen molar-refractivity contribution in [2.45, 2.75) is 78.7 Å². The maximum Gasteiger partial charge on any atom is 0.312 e. The number of aliphatic hydroxyl groups excluding tert-OH is 3. The van der Waals surface area contributed by atoms with Gasteiger partial charge in [-0.25, -0.2) is 4.98 Å². The van der Waals surface area contributed by atoms with Crippen LogP contribution >= 0.6 is 0 Å². The van der Waals surface area contributed by atoms with Crippen LogP contribution in [-0.2, 0) is 14.3 Å². The van der Waals surface area contributed by atoms with Gasteiger partial charge in [-0.15, -0.1) is 0 Å². The molecule has 0 saturated heterocycles. The lowest BCUT2D eigenvalue weighted by Crippen LogP contribution is -2.44. The number of ketones is 1.